The van der Waals surface area contributed by atoms with Gasteiger partial charge in [0.2, 0.25) is 0 Å². The van der Waals surface area contributed by atoms with Crippen molar-refractivity contribution < 1.29 is 27.5 Å². The maximum absolute atomic E-state index is 13.7. The monoisotopic (exact) mass is 298 g/mol. The Balaban J connectivity index is 2.83. The zero-order valence-corrected chi connectivity index (χ0v) is 9.88. The number of benzene rings is 1. The van der Waals surface area contributed by atoms with Crippen LogP contribution in [0, 0.1) is 5.82 Å². The van der Waals surface area contributed by atoms with E-state index in [0.29, 0.717) is 17.4 Å². The van der Waals surface area contributed by atoms with Gasteiger partial charge < -0.3 is 5.11 Å². The quantitative estimate of drug-likeness (QED) is 0.792. The summed E-state index contributed by atoms with van der Waals surface area (Å²) in [4.78, 5) is 10.4. The molecule has 18 heavy (non-hydrogen) atoms. The molecule has 2 aromatic rings. The predicted octanol–water partition coefficient (Wildman–Crippen LogP) is 4.41. The fraction of sp³-hybridized carbons (Fsp3) is 0.100. The summed E-state index contributed by atoms with van der Waals surface area (Å²) in [5, 5.41) is 7.75. The first kappa shape index (κ1) is 13.1. The molecule has 0 fully saturated rings. The highest BCUT2D eigenvalue weighted by molar-refractivity contribution is 7.21. The molecule has 0 saturated carbocycles. The van der Waals surface area contributed by atoms with Gasteiger partial charge in [-0.15, -0.1) is 11.3 Å². The van der Waals surface area contributed by atoms with Gasteiger partial charge >= 0.3 is 12.1 Å². The van der Waals surface area contributed by atoms with Gasteiger partial charge in [0.1, 0.15) is 10.7 Å². The predicted molar refractivity (Wildman–Crippen MR) is 58.8 cm³/mol. The zero-order valence-electron chi connectivity index (χ0n) is 8.31. The smallest absolute Gasteiger partial charge is 0.419 e. The molecule has 1 aromatic carbocycles. The third kappa shape index (κ3) is 1.93. The summed E-state index contributed by atoms with van der Waals surface area (Å²) in [6.45, 7) is 0. The molecule has 0 aliphatic rings. The van der Waals surface area contributed by atoms with Crippen molar-refractivity contribution in [1.82, 2.24) is 0 Å². The molecule has 0 aliphatic carbocycles. The van der Waals surface area contributed by atoms with Gasteiger partial charge in [-0.05, 0) is 12.1 Å². The largest absolute Gasteiger partial charge is 0.477 e. The number of fused-ring (bicyclic) bond motifs is 1. The summed E-state index contributed by atoms with van der Waals surface area (Å²) >= 11 is 6.23. The minimum Gasteiger partial charge on any atom is -0.477 e. The van der Waals surface area contributed by atoms with E-state index in [1.165, 1.54) is 0 Å². The average molecular weight is 299 g/mol. The molecule has 1 aromatic heterocycles. The van der Waals surface area contributed by atoms with Gasteiger partial charge in [0.25, 0.3) is 0 Å². The molecule has 0 bridgehead atoms. The minimum absolute atomic E-state index is 0.0582. The van der Waals surface area contributed by atoms with Crippen molar-refractivity contribution in [1.29, 1.82) is 0 Å². The van der Waals surface area contributed by atoms with Crippen molar-refractivity contribution in [3.8, 4) is 0 Å². The van der Waals surface area contributed by atoms with Gasteiger partial charge in [-0.3, -0.25) is 0 Å². The van der Waals surface area contributed by atoms with Gasteiger partial charge in [-0.25, -0.2) is 9.18 Å². The van der Waals surface area contributed by atoms with Crippen LogP contribution < -0.4 is 0 Å². The van der Waals surface area contributed by atoms with E-state index < -0.39 is 33.9 Å². The fourth-order valence-corrected chi connectivity index (χ4v) is 2.84. The van der Waals surface area contributed by atoms with E-state index in [4.69, 9.17) is 16.7 Å². The highest BCUT2D eigenvalue weighted by Gasteiger charge is 2.36. The second-order valence-corrected chi connectivity index (χ2v) is 4.78. The molecule has 1 heterocycles. The van der Waals surface area contributed by atoms with E-state index in [0.717, 1.165) is 6.07 Å². The van der Waals surface area contributed by atoms with Crippen LogP contribution in [-0.4, -0.2) is 11.1 Å². The van der Waals surface area contributed by atoms with Gasteiger partial charge in [-0.2, -0.15) is 13.2 Å². The maximum Gasteiger partial charge on any atom is 0.419 e. The first-order chi connectivity index (χ1) is 8.23. The van der Waals surface area contributed by atoms with Crippen molar-refractivity contribution in [2.75, 3.05) is 0 Å². The molecule has 0 aliphatic heterocycles. The van der Waals surface area contributed by atoms with Gasteiger partial charge in [0, 0.05) is 10.1 Å². The van der Waals surface area contributed by atoms with E-state index in [1.807, 2.05) is 0 Å². The van der Waals surface area contributed by atoms with Crippen molar-refractivity contribution in [3.05, 3.63) is 33.4 Å². The third-order valence-electron chi connectivity index (χ3n) is 2.23. The van der Waals surface area contributed by atoms with Gasteiger partial charge in [0.05, 0.1) is 10.6 Å². The summed E-state index contributed by atoms with van der Waals surface area (Å²) < 4.78 is 51.2. The Labute approximate surface area is 106 Å². The Hall–Kier alpha value is -1.34. The van der Waals surface area contributed by atoms with Crippen molar-refractivity contribution in [2.45, 2.75) is 6.18 Å². The number of hydrogen-bond donors (Lipinski definition) is 1. The lowest BCUT2D eigenvalue weighted by molar-refractivity contribution is -0.139. The first-order valence-electron chi connectivity index (χ1n) is 4.44. The summed E-state index contributed by atoms with van der Waals surface area (Å²) in [6.07, 6.45) is -4.85. The van der Waals surface area contributed by atoms with Crippen LogP contribution in [0.1, 0.15) is 15.2 Å². The molecule has 0 radical (unpaired) electrons. The number of carboxylic acid groups (broad SMARTS) is 1. The number of carbonyl (C=O) groups is 1. The average Bonchev–Trinajstić information content (AvgIpc) is 2.55. The van der Waals surface area contributed by atoms with Crippen LogP contribution in [0.3, 0.4) is 0 Å². The van der Waals surface area contributed by atoms with E-state index in [2.05, 4.69) is 0 Å². The molecule has 0 spiro atoms. The highest BCUT2D eigenvalue weighted by Crippen LogP contribution is 2.41. The van der Waals surface area contributed by atoms with Crippen molar-refractivity contribution in [3.63, 3.8) is 0 Å². The van der Waals surface area contributed by atoms with Crippen LogP contribution in [0.15, 0.2) is 12.1 Å². The topological polar surface area (TPSA) is 37.3 Å². The van der Waals surface area contributed by atoms with Crippen LogP contribution >= 0.6 is 22.9 Å². The normalized spacial score (nSPS) is 12.1. The number of thiophene rings is 1. The van der Waals surface area contributed by atoms with E-state index in [9.17, 15) is 22.4 Å². The highest BCUT2D eigenvalue weighted by atomic mass is 35.5. The van der Waals surface area contributed by atoms with Crippen LogP contribution in [0.4, 0.5) is 17.6 Å². The molecule has 2 nitrogen and oxygen atoms in total. The number of aromatic carboxylic acids is 1. The lowest BCUT2D eigenvalue weighted by Crippen LogP contribution is -2.07. The van der Waals surface area contributed by atoms with E-state index in [-0.39, 0.29) is 9.58 Å². The summed E-state index contributed by atoms with van der Waals surface area (Å²) in [6, 6.07) is 1.57. The number of carboxylic acids is 1. The Morgan fingerprint density at radius 1 is 1.33 bits per heavy atom. The first-order valence-corrected chi connectivity index (χ1v) is 5.64. The Kier molecular flexibility index (Phi) is 2.98. The molecule has 0 saturated heterocycles. The molecule has 2 rings (SSSR count). The third-order valence-corrected chi connectivity index (χ3v) is 3.87. The molecule has 96 valence electrons. The summed E-state index contributed by atoms with van der Waals surface area (Å²) in [5.74, 6) is -2.96. The molecule has 0 amide bonds. The lowest BCUT2D eigenvalue weighted by atomic mass is 10.1. The Morgan fingerprint density at radius 2 is 1.94 bits per heavy atom. The van der Waals surface area contributed by atoms with Gasteiger partial charge in [-0.1, -0.05) is 11.6 Å². The SMILES string of the molecule is O=C(O)c1sc2ccc(C(F)(F)F)c(F)c2c1Cl. The number of alkyl halides is 3. The molecule has 0 atom stereocenters. The summed E-state index contributed by atoms with van der Waals surface area (Å²) in [7, 11) is 0. The minimum atomic E-state index is -4.85. The number of halogens is 5. The number of hydrogen-bond acceptors (Lipinski definition) is 2. The van der Waals surface area contributed by atoms with Crippen LogP contribution in [0.25, 0.3) is 10.1 Å². The summed E-state index contributed by atoms with van der Waals surface area (Å²) in [5.41, 5.74) is -1.47. The van der Waals surface area contributed by atoms with Crippen molar-refractivity contribution in [2.24, 2.45) is 0 Å². The van der Waals surface area contributed by atoms with Crippen molar-refractivity contribution >= 4 is 39.0 Å². The van der Waals surface area contributed by atoms with Gasteiger partial charge in [0.15, 0.2) is 0 Å². The van der Waals surface area contributed by atoms with Crippen LogP contribution in [0.5, 0.6) is 0 Å². The lowest BCUT2D eigenvalue weighted by Gasteiger charge is -2.08. The Bertz CT molecular complexity index is 647. The Morgan fingerprint density at radius 3 is 2.44 bits per heavy atom. The second kappa shape index (κ2) is 4.10. The molecule has 1 N–H and O–H groups in total. The fourth-order valence-electron chi connectivity index (χ4n) is 1.47. The molecular weight excluding hydrogens is 296 g/mol. The molecule has 0 unspecified atom stereocenters. The van der Waals surface area contributed by atoms with E-state index >= 15 is 0 Å². The second-order valence-electron chi connectivity index (χ2n) is 3.35. The van der Waals surface area contributed by atoms with Crippen LogP contribution in [0.2, 0.25) is 5.02 Å². The standard InChI is InChI=1S/C10H3ClF4O2S/c11-6-5-4(18-8(6)9(16)17)2-1-3(7(5)12)10(13,14)15/h1-2H,(H,16,17). The molecule has 8 heteroatoms. The van der Waals surface area contributed by atoms with E-state index in [1.54, 1.807) is 0 Å². The number of rotatable bonds is 1. The maximum atomic E-state index is 13.7. The molecular formula is C10H3ClF4O2S. The zero-order chi connectivity index (χ0) is 13.7. The van der Waals surface area contributed by atoms with Crippen LogP contribution in [-0.2, 0) is 6.18 Å².